The van der Waals surface area contributed by atoms with Crippen LogP contribution in [0.5, 0.6) is 0 Å². The molecule has 2 aromatic carbocycles. The summed E-state index contributed by atoms with van der Waals surface area (Å²) in [6, 6.07) is 14.5. The van der Waals surface area contributed by atoms with Crippen LogP contribution in [0.2, 0.25) is 0 Å². The van der Waals surface area contributed by atoms with Crippen LogP contribution in [0.15, 0.2) is 58.5 Å². The molecule has 0 unspecified atom stereocenters. The van der Waals surface area contributed by atoms with Gasteiger partial charge in [-0.2, -0.15) is 0 Å². The van der Waals surface area contributed by atoms with Crippen LogP contribution in [-0.4, -0.2) is 24.8 Å². The van der Waals surface area contributed by atoms with Gasteiger partial charge in [0.25, 0.3) is 0 Å². The van der Waals surface area contributed by atoms with Crippen molar-refractivity contribution >= 4 is 23.3 Å². The third kappa shape index (κ3) is 2.41. The van der Waals surface area contributed by atoms with Crippen molar-refractivity contribution in [2.45, 2.75) is 0 Å². The lowest BCUT2D eigenvalue weighted by Gasteiger charge is -2.01. The Morgan fingerprint density at radius 3 is 2.67 bits per heavy atom. The highest BCUT2D eigenvalue weighted by Gasteiger charge is 2.18. The number of nitrogens with two attached hydrogens (primary N) is 1. The van der Waals surface area contributed by atoms with Crippen molar-refractivity contribution in [2.75, 3.05) is 7.11 Å². The van der Waals surface area contributed by atoms with E-state index in [0.717, 1.165) is 11.1 Å². The number of rotatable bonds is 2. The topological polar surface area (TPSA) is 77.0 Å². The summed E-state index contributed by atoms with van der Waals surface area (Å²) >= 11 is 0. The molecule has 2 N–H and O–H groups in total. The fourth-order valence-corrected chi connectivity index (χ4v) is 2.16. The summed E-state index contributed by atoms with van der Waals surface area (Å²) in [5.74, 6) is 0.602. The van der Waals surface area contributed by atoms with Crippen LogP contribution in [0, 0.1) is 0 Å². The summed E-state index contributed by atoms with van der Waals surface area (Å²) in [5, 5.41) is 0. The van der Waals surface area contributed by atoms with Crippen molar-refractivity contribution in [2.24, 2.45) is 15.7 Å². The average molecular weight is 279 g/mol. The maximum Gasteiger partial charge on any atom is 0.337 e. The van der Waals surface area contributed by atoms with Gasteiger partial charge in [0, 0.05) is 11.1 Å². The molecule has 0 bridgehead atoms. The molecule has 1 heterocycles. The van der Waals surface area contributed by atoms with Crippen molar-refractivity contribution in [3.05, 3.63) is 65.2 Å². The molecule has 0 aromatic heterocycles. The van der Waals surface area contributed by atoms with Crippen LogP contribution < -0.4 is 5.73 Å². The fraction of sp³-hybridized carbons (Fsp3) is 0.0625. The van der Waals surface area contributed by atoms with E-state index in [-0.39, 0.29) is 0 Å². The van der Waals surface area contributed by atoms with E-state index >= 15 is 0 Å². The Labute approximate surface area is 121 Å². The molecule has 1 aliphatic heterocycles. The second kappa shape index (κ2) is 5.20. The normalized spacial score (nSPS) is 14.7. The van der Waals surface area contributed by atoms with Crippen LogP contribution in [0.25, 0.3) is 0 Å². The molecule has 5 nitrogen and oxygen atoms in total. The van der Waals surface area contributed by atoms with Crippen molar-refractivity contribution in [1.29, 1.82) is 0 Å². The van der Waals surface area contributed by atoms with Gasteiger partial charge in [0.05, 0.1) is 18.4 Å². The number of hydrogen-bond acceptors (Lipinski definition) is 4. The molecular weight excluding hydrogens is 266 g/mol. The average Bonchev–Trinajstić information content (AvgIpc) is 2.83. The van der Waals surface area contributed by atoms with Gasteiger partial charge in [-0.1, -0.05) is 30.3 Å². The number of ether oxygens (including phenoxy) is 1. The fourth-order valence-electron chi connectivity index (χ4n) is 2.16. The first-order valence-electron chi connectivity index (χ1n) is 6.40. The highest BCUT2D eigenvalue weighted by molar-refractivity contribution is 6.22. The van der Waals surface area contributed by atoms with Crippen LogP contribution >= 0.6 is 0 Å². The Hall–Kier alpha value is -2.95. The third-order valence-electron chi connectivity index (χ3n) is 3.17. The monoisotopic (exact) mass is 279 g/mol. The first-order valence-corrected chi connectivity index (χ1v) is 6.40. The van der Waals surface area contributed by atoms with Crippen molar-refractivity contribution in [1.82, 2.24) is 0 Å². The van der Waals surface area contributed by atoms with E-state index in [0.29, 0.717) is 22.9 Å². The molecular formula is C16H13N3O2. The van der Waals surface area contributed by atoms with Crippen LogP contribution in [0.3, 0.4) is 0 Å². The predicted molar refractivity (Wildman–Crippen MR) is 81.1 cm³/mol. The van der Waals surface area contributed by atoms with Crippen LogP contribution in [-0.2, 0) is 4.74 Å². The lowest BCUT2D eigenvalue weighted by Crippen LogP contribution is -2.09. The first kappa shape index (κ1) is 13.1. The van der Waals surface area contributed by atoms with E-state index in [1.54, 1.807) is 24.3 Å². The molecule has 104 valence electrons. The Morgan fingerprint density at radius 2 is 1.90 bits per heavy atom. The van der Waals surface area contributed by atoms with Crippen LogP contribution in [0.1, 0.15) is 21.5 Å². The molecule has 3 rings (SSSR count). The summed E-state index contributed by atoms with van der Waals surface area (Å²) in [7, 11) is 1.35. The molecule has 0 aliphatic carbocycles. The number of benzene rings is 2. The summed E-state index contributed by atoms with van der Waals surface area (Å²) in [6.45, 7) is 0. The molecule has 0 spiro atoms. The zero-order chi connectivity index (χ0) is 14.8. The molecule has 5 heteroatoms. The number of nitrogens with zero attached hydrogens (tertiary/aromatic N) is 2. The highest BCUT2D eigenvalue weighted by atomic mass is 16.5. The standard InChI is InChI=1S/C16H13N3O2/c1-21-16(20)10-5-4-6-11(9-10)18-15-13-8-3-2-7-12(13)14(17)19-15/h2-9H,1H3,(H2,17,18,19). The van der Waals surface area contributed by atoms with Crippen molar-refractivity contribution < 1.29 is 9.53 Å². The molecule has 0 amide bonds. The van der Waals surface area contributed by atoms with Gasteiger partial charge in [0.1, 0.15) is 5.84 Å². The minimum absolute atomic E-state index is 0.396. The SMILES string of the molecule is COC(=O)c1cccc(N=C2N=C(N)c3ccccc32)c1. The first-order chi connectivity index (χ1) is 10.2. The Bertz CT molecular complexity index is 779. The predicted octanol–water partition coefficient (Wildman–Crippen LogP) is 2.27. The smallest absolute Gasteiger partial charge is 0.337 e. The second-order valence-electron chi connectivity index (χ2n) is 4.52. The summed E-state index contributed by atoms with van der Waals surface area (Å²) < 4.78 is 4.70. The lowest BCUT2D eigenvalue weighted by atomic mass is 10.1. The second-order valence-corrected chi connectivity index (χ2v) is 4.52. The number of carbonyl (C=O) groups excluding carboxylic acids is 1. The van der Waals surface area contributed by atoms with Crippen LogP contribution in [0.4, 0.5) is 5.69 Å². The largest absolute Gasteiger partial charge is 0.465 e. The number of hydrogen-bond donors (Lipinski definition) is 1. The number of fused-ring (bicyclic) bond motifs is 1. The Morgan fingerprint density at radius 1 is 1.14 bits per heavy atom. The maximum atomic E-state index is 11.5. The number of carbonyl (C=O) groups is 1. The molecule has 1 aliphatic rings. The van der Waals surface area contributed by atoms with E-state index in [4.69, 9.17) is 10.5 Å². The molecule has 21 heavy (non-hydrogen) atoms. The minimum Gasteiger partial charge on any atom is -0.465 e. The zero-order valence-electron chi connectivity index (χ0n) is 11.4. The summed E-state index contributed by atoms with van der Waals surface area (Å²) in [4.78, 5) is 20.3. The van der Waals surface area contributed by atoms with Gasteiger partial charge in [0.2, 0.25) is 0 Å². The Balaban J connectivity index is 2.02. The Kier molecular flexibility index (Phi) is 3.23. The van der Waals surface area contributed by atoms with E-state index < -0.39 is 5.97 Å². The van der Waals surface area contributed by atoms with Crippen molar-refractivity contribution in [3.63, 3.8) is 0 Å². The number of aliphatic imine (C=N–C) groups is 2. The number of methoxy groups -OCH3 is 1. The van der Waals surface area contributed by atoms with E-state index in [9.17, 15) is 4.79 Å². The third-order valence-corrected chi connectivity index (χ3v) is 3.17. The summed E-state index contributed by atoms with van der Waals surface area (Å²) in [6.07, 6.45) is 0. The maximum absolute atomic E-state index is 11.5. The van der Waals surface area contributed by atoms with Gasteiger partial charge in [-0.25, -0.2) is 14.8 Å². The van der Waals surface area contributed by atoms with Gasteiger partial charge in [-0.05, 0) is 18.2 Å². The number of esters is 1. The molecule has 0 saturated carbocycles. The van der Waals surface area contributed by atoms with Gasteiger partial charge >= 0.3 is 5.97 Å². The quantitative estimate of drug-likeness (QED) is 0.857. The van der Waals surface area contributed by atoms with E-state index in [1.165, 1.54) is 7.11 Å². The number of amidine groups is 2. The highest BCUT2D eigenvalue weighted by Crippen LogP contribution is 2.22. The molecule has 0 saturated heterocycles. The molecule has 0 atom stereocenters. The molecule has 0 fully saturated rings. The molecule has 0 radical (unpaired) electrons. The zero-order valence-corrected chi connectivity index (χ0v) is 11.4. The summed E-state index contributed by atoms with van der Waals surface area (Å²) in [5.41, 5.74) is 8.72. The van der Waals surface area contributed by atoms with E-state index in [1.807, 2.05) is 24.3 Å². The molecule has 2 aromatic rings. The van der Waals surface area contributed by atoms with Crippen molar-refractivity contribution in [3.8, 4) is 0 Å². The van der Waals surface area contributed by atoms with Gasteiger partial charge in [-0.15, -0.1) is 0 Å². The van der Waals surface area contributed by atoms with E-state index in [2.05, 4.69) is 9.98 Å². The van der Waals surface area contributed by atoms with Gasteiger partial charge < -0.3 is 10.5 Å². The van der Waals surface area contributed by atoms with Gasteiger partial charge in [0.15, 0.2) is 5.84 Å². The lowest BCUT2D eigenvalue weighted by molar-refractivity contribution is 0.0601. The minimum atomic E-state index is -0.396. The van der Waals surface area contributed by atoms with Gasteiger partial charge in [-0.3, -0.25) is 0 Å².